The maximum Gasteiger partial charge on any atom is 0.335 e. The van der Waals surface area contributed by atoms with Crippen LogP contribution in [0.3, 0.4) is 0 Å². The molecule has 0 saturated carbocycles. The molecule has 8 nitrogen and oxygen atoms in total. The molecule has 168 valence electrons. The number of hydrogen-bond acceptors (Lipinski definition) is 5. The lowest BCUT2D eigenvalue weighted by Crippen LogP contribution is -2.38. The Morgan fingerprint density at radius 2 is 1.67 bits per heavy atom. The standard InChI is InChI=1S/C23H18ClN3O5S/c1-26-21-17(10-18(33-21)19(28)25-11-13-4-8-16(24)9-5-13)20(29)27(23(26)32)12-14-2-6-15(7-3-14)22(30)31/h2-10H,11-12H2,1H3,(H,25,28)(H,30,31). The number of nitrogens with one attached hydrogen (secondary N) is 1. The van der Waals surface area contributed by atoms with Crippen molar-refractivity contribution in [3.63, 3.8) is 0 Å². The second-order valence-corrected chi connectivity index (χ2v) is 8.84. The van der Waals surface area contributed by atoms with Crippen LogP contribution in [-0.2, 0) is 20.1 Å². The molecule has 0 fully saturated rings. The summed E-state index contributed by atoms with van der Waals surface area (Å²) < 4.78 is 2.41. The summed E-state index contributed by atoms with van der Waals surface area (Å²) in [6.07, 6.45) is 0. The third-order valence-electron chi connectivity index (χ3n) is 5.14. The van der Waals surface area contributed by atoms with E-state index in [4.69, 9.17) is 16.7 Å². The van der Waals surface area contributed by atoms with Crippen molar-refractivity contribution in [3.05, 3.63) is 102 Å². The van der Waals surface area contributed by atoms with Gasteiger partial charge in [-0.05, 0) is 41.5 Å². The Kier molecular flexibility index (Phi) is 6.17. The van der Waals surface area contributed by atoms with Crippen molar-refractivity contribution >= 4 is 45.0 Å². The number of carboxylic acid groups (broad SMARTS) is 1. The fraction of sp³-hybridized carbons (Fsp3) is 0.130. The summed E-state index contributed by atoms with van der Waals surface area (Å²) in [4.78, 5) is 50.3. The molecule has 0 bridgehead atoms. The van der Waals surface area contributed by atoms with E-state index < -0.39 is 17.2 Å². The zero-order chi connectivity index (χ0) is 23.7. The van der Waals surface area contributed by atoms with Crippen LogP contribution in [0.1, 0.15) is 31.2 Å². The number of carbonyl (C=O) groups excluding carboxylic acids is 1. The Morgan fingerprint density at radius 1 is 1.03 bits per heavy atom. The zero-order valence-corrected chi connectivity index (χ0v) is 18.9. The Bertz CT molecular complexity index is 1480. The van der Waals surface area contributed by atoms with Crippen LogP contribution in [-0.4, -0.2) is 26.1 Å². The van der Waals surface area contributed by atoms with Gasteiger partial charge in [0.05, 0.1) is 22.4 Å². The molecular formula is C23H18ClN3O5S. The predicted octanol–water partition coefficient (Wildman–Crippen LogP) is 3.09. The lowest BCUT2D eigenvalue weighted by molar-refractivity contribution is 0.0696. The number of nitrogens with zero attached hydrogens (tertiary/aromatic N) is 2. The maximum absolute atomic E-state index is 13.0. The molecule has 0 atom stereocenters. The number of hydrogen-bond donors (Lipinski definition) is 2. The van der Waals surface area contributed by atoms with E-state index in [-0.39, 0.29) is 23.4 Å². The van der Waals surface area contributed by atoms with Gasteiger partial charge >= 0.3 is 11.7 Å². The summed E-state index contributed by atoms with van der Waals surface area (Å²) in [6, 6.07) is 14.5. The van der Waals surface area contributed by atoms with Gasteiger partial charge in [-0.1, -0.05) is 35.9 Å². The largest absolute Gasteiger partial charge is 0.478 e. The van der Waals surface area contributed by atoms with Crippen molar-refractivity contribution in [1.29, 1.82) is 0 Å². The number of aryl methyl sites for hydroxylation is 1. The molecule has 0 aliphatic carbocycles. The first-order valence-electron chi connectivity index (χ1n) is 9.83. The average Bonchev–Trinajstić information content (AvgIpc) is 3.26. The van der Waals surface area contributed by atoms with Crippen molar-refractivity contribution in [2.45, 2.75) is 13.1 Å². The molecule has 0 saturated heterocycles. The minimum absolute atomic E-state index is 0.0186. The van der Waals surface area contributed by atoms with E-state index in [1.165, 1.54) is 22.8 Å². The van der Waals surface area contributed by atoms with Crippen molar-refractivity contribution in [2.24, 2.45) is 7.05 Å². The number of rotatable bonds is 6. The summed E-state index contributed by atoms with van der Waals surface area (Å²) in [5.74, 6) is -1.41. The summed E-state index contributed by atoms with van der Waals surface area (Å²) >= 11 is 6.94. The second kappa shape index (κ2) is 9.05. The van der Waals surface area contributed by atoms with Crippen LogP contribution in [0.15, 0.2) is 64.2 Å². The van der Waals surface area contributed by atoms with Crippen LogP contribution in [0.5, 0.6) is 0 Å². The highest BCUT2D eigenvalue weighted by molar-refractivity contribution is 7.20. The quantitative estimate of drug-likeness (QED) is 0.438. The highest BCUT2D eigenvalue weighted by atomic mass is 35.5. The fourth-order valence-electron chi connectivity index (χ4n) is 3.34. The molecule has 2 N–H and O–H groups in total. The molecule has 1 amide bonds. The lowest BCUT2D eigenvalue weighted by atomic mass is 10.1. The van der Waals surface area contributed by atoms with E-state index in [1.54, 1.807) is 43.4 Å². The first-order chi connectivity index (χ1) is 15.7. The van der Waals surface area contributed by atoms with Gasteiger partial charge in [0, 0.05) is 18.6 Å². The third-order valence-corrected chi connectivity index (χ3v) is 6.60. The molecule has 0 radical (unpaired) electrons. The number of carbonyl (C=O) groups is 2. The van der Waals surface area contributed by atoms with Crippen molar-refractivity contribution in [3.8, 4) is 0 Å². The highest BCUT2D eigenvalue weighted by Crippen LogP contribution is 2.22. The Labute approximate surface area is 196 Å². The van der Waals surface area contributed by atoms with Crippen LogP contribution in [0.25, 0.3) is 10.2 Å². The molecule has 10 heteroatoms. The first-order valence-corrected chi connectivity index (χ1v) is 11.0. The number of fused-ring (bicyclic) bond motifs is 1. The Hall–Kier alpha value is -3.69. The van der Waals surface area contributed by atoms with E-state index in [1.807, 2.05) is 0 Å². The van der Waals surface area contributed by atoms with Crippen molar-refractivity contribution < 1.29 is 14.7 Å². The van der Waals surface area contributed by atoms with E-state index in [2.05, 4.69) is 5.32 Å². The number of aromatic carboxylic acids is 1. The number of carboxylic acids is 1. The molecule has 0 unspecified atom stereocenters. The van der Waals surface area contributed by atoms with Gasteiger partial charge in [0.2, 0.25) is 0 Å². The molecular weight excluding hydrogens is 466 g/mol. The molecule has 2 aromatic carbocycles. The summed E-state index contributed by atoms with van der Waals surface area (Å²) in [5, 5.41) is 12.7. The van der Waals surface area contributed by atoms with Crippen LogP contribution in [0, 0.1) is 0 Å². The smallest absolute Gasteiger partial charge is 0.335 e. The van der Waals surface area contributed by atoms with Crippen LogP contribution in [0.4, 0.5) is 0 Å². The van der Waals surface area contributed by atoms with Gasteiger partial charge in [-0.3, -0.25) is 18.7 Å². The fourth-order valence-corrected chi connectivity index (χ4v) is 4.49. The summed E-state index contributed by atoms with van der Waals surface area (Å²) in [5.41, 5.74) is 0.557. The average molecular weight is 484 g/mol. The highest BCUT2D eigenvalue weighted by Gasteiger charge is 2.18. The van der Waals surface area contributed by atoms with Crippen molar-refractivity contribution in [2.75, 3.05) is 0 Å². The molecule has 4 rings (SSSR count). The van der Waals surface area contributed by atoms with E-state index in [0.717, 1.165) is 21.5 Å². The lowest BCUT2D eigenvalue weighted by Gasteiger charge is -2.08. The minimum atomic E-state index is -1.06. The number of benzene rings is 2. The van der Waals surface area contributed by atoms with Crippen LogP contribution in [0.2, 0.25) is 5.02 Å². The third kappa shape index (κ3) is 4.59. The maximum atomic E-state index is 13.0. The molecule has 4 aromatic rings. The SMILES string of the molecule is Cn1c(=O)n(Cc2ccc(C(=O)O)cc2)c(=O)c2cc(C(=O)NCc3ccc(Cl)cc3)sc21. The number of halogens is 1. The first kappa shape index (κ1) is 22.5. The molecule has 0 aliphatic rings. The molecule has 2 aromatic heterocycles. The van der Waals surface area contributed by atoms with Gasteiger partial charge in [0.25, 0.3) is 11.5 Å². The molecule has 0 aliphatic heterocycles. The summed E-state index contributed by atoms with van der Waals surface area (Å²) in [6.45, 7) is 0.273. The van der Waals surface area contributed by atoms with E-state index >= 15 is 0 Å². The molecule has 0 spiro atoms. The van der Waals surface area contributed by atoms with E-state index in [9.17, 15) is 19.2 Å². The van der Waals surface area contributed by atoms with Gasteiger partial charge < -0.3 is 10.4 Å². The topological polar surface area (TPSA) is 110 Å². The van der Waals surface area contributed by atoms with Crippen LogP contribution < -0.4 is 16.6 Å². The van der Waals surface area contributed by atoms with Gasteiger partial charge in [-0.15, -0.1) is 11.3 Å². The number of thiophene rings is 1. The number of amides is 1. The van der Waals surface area contributed by atoms with Gasteiger partial charge in [-0.2, -0.15) is 0 Å². The van der Waals surface area contributed by atoms with Crippen LogP contribution >= 0.6 is 22.9 Å². The molecule has 2 heterocycles. The molecule has 33 heavy (non-hydrogen) atoms. The second-order valence-electron chi connectivity index (χ2n) is 7.37. The number of aromatic nitrogens is 2. The van der Waals surface area contributed by atoms with Gasteiger partial charge in [0.15, 0.2) is 0 Å². The van der Waals surface area contributed by atoms with Crippen molar-refractivity contribution in [1.82, 2.24) is 14.5 Å². The monoisotopic (exact) mass is 483 g/mol. The van der Waals surface area contributed by atoms with Gasteiger partial charge in [-0.25, -0.2) is 9.59 Å². The Balaban J connectivity index is 1.62. The Morgan fingerprint density at radius 3 is 2.30 bits per heavy atom. The minimum Gasteiger partial charge on any atom is -0.478 e. The normalized spacial score (nSPS) is 11.0. The predicted molar refractivity (Wildman–Crippen MR) is 126 cm³/mol. The zero-order valence-electron chi connectivity index (χ0n) is 17.4. The van der Waals surface area contributed by atoms with Gasteiger partial charge in [0.1, 0.15) is 4.83 Å². The van der Waals surface area contributed by atoms with E-state index in [0.29, 0.717) is 26.8 Å². The summed E-state index contributed by atoms with van der Waals surface area (Å²) in [7, 11) is 1.54.